The van der Waals surface area contributed by atoms with Gasteiger partial charge in [0, 0.05) is 25.1 Å². The van der Waals surface area contributed by atoms with Gasteiger partial charge in [0.25, 0.3) is 0 Å². The number of fused-ring (bicyclic) bond motifs is 6. The zero-order chi connectivity index (χ0) is 25.6. The molecular formula is C28H30Br2Cl2O4. The summed E-state index contributed by atoms with van der Waals surface area (Å²) in [6.07, 6.45) is 6.64. The van der Waals surface area contributed by atoms with E-state index in [1.165, 1.54) is 5.56 Å². The maximum Gasteiger partial charge on any atom is 0.128 e. The van der Waals surface area contributed by atoms with Crippen molar-refractivity contribution in [2.75, 3.05) is 19.8 Å². The van der Waals surface area contributed by atoms with Crippen LogP contribution in [0.5, 0.6) is 0 Å². The van der Waals surface area contributed by atoms with Crippen molar-refractivity contribution in [2.45, 2.75) is 59.4 Å². The number of aliphatic hydroxyl groups is 1. The van der Waals surface area contributed by atoms with Gasteiger partial charge in [0.15, 0.2) is 0 Å². The van der Waals surface area contributed by atoms with Crippen LogP contribution in [-0.2, 0) is 25.5 Å². The van der Waals surface area contributed by atoms with E-state index in [2.05, 4.69) is 31.9 Å². The number of hydrogen-bond acceptors (Lipinski definition) is 4. The molecule has 4 bridgehead atoms. The molecule has 2 aromatic carbocycles. The van der Waals surface area contributed by atoms with Gasteiger partial charge in [-0.15, -0.1) is 0 Å². The highest BCUT2D eigenvalue weighted by atomic mass is 79.9. The van der Waals surface area contributed by atoms with Crippen molar-refractivity contribution in [1.29, 1.82) is 0 Å². The summed E-state index contributed by atoms with van der Waals surface area (Å²) in [4.78, 5) is 11.7. The largest absolute Gasteiger partial charge is 0.396 e. The average molecular weight is 661 g/mol. The average Bonchev–Trinajstić information content (AvgIpc) is 2.91. The molecule has 4 nitrogen and oxygen atoms in total. The number of hydrogen-bond donors (Lipinski definition) is 1. The molecule has 8 heteroatoms. The van der Waals surface area contributed by atoms with Gasteiger partial charge in [0.1, 0.15) is 17.5 Å². The fraction of sp³-hybridized carbons (Fsp3) is 0.536. The molecular weight excluding hydrogens is 631 g/mol. The first-order valence-corrected chi connectivity index (χ1v) is 14.9. The van der Waals surface area contributed by atoms with Crippen molar-refractivity contribution >= 4 is 61.3 Å². The van der Waals surface area contributed by atoms with E-state index in [1.54, 1.807) is 0 Å². The second kappa shape index (κ2) is 10.3. The van der Waals surface area contributed by atoms with Crippen LogP contribution in [0.1, 0.15) is 49.7 Å². The molecule has 2 aliphatic carbocycles. The molecule has 6 aliphatic rings. The number of benzene rings is 2. The number of alkyl halides is 2. The lowest BCUT2D eigenvalue weighted by molar-refractivity contribution is -0.193. The van der Waals surface area contributed by atoms with Crippen molar-refractivity contribution in [1.82, 2.24) is 0 Å². The normalized spacial score (nSPS) is 38.8. The fourth-order valence-corrected chi connectivity index (χ4v) is 9.06. The van der Waals surface area contributed by atoms with Gasteiger partial charge >= 0.3 is 0 Å². The quantitative estimate of drug-likeness (QED) is 0.279. The number of carbonyl (C=O) groups excluding carboxylic acids is 1. The lowest BCUT2D eigenvalue weighted by atomic mass is 9.64. The zero-order valence-corrected chi connectivity index (χ0v) is 24.6. The Kier molecular flexibility index (Phi) is 7.72. The van der Waals surface area contributed by atoms with E-state index in [9.17, 15) is 9.90 Å². The van der Waals surface area contributed by atoms with Crippen LogP contribution in [0.15, 0.2) is 48.5 Å². The Balaban J connectivity index is 0.000000148. The van der Waals surface area contributed by atoms with Gasteiger partial charge in [-0.05, 0) is 73.9 Å². The third kappa shape index (κ3) is 4.63. The summed E-state index contributed by atoms with van der Waals surface area (Å²) in [6, 6.07) is 15.8. The van der Waals surface area contributed by atoms with Crippen molar-refractivity contribution < 1.29 is 19.4 Å². The van der Waals surface area contributed by atoms with Crippen LogP contribution < -0.4 is 0 Å². The molecule has 0 aromatic heterocycles. The molecule has 0 amide bonds. The molecule has 6 atom stereocenters. The van der Waals surface area contributed by atoms with Gasteiger partial charge in [-0.3, -0.25) is 0 Å². The number of halogens is 4. The van der Waals surface area contributed by atoms with Gasteiger partial charge in [-0.2, -0.15) is 0 Å². The highest BCUT2D eigenvalue weighted by molar-refractivity contribution is 9.09. The molecule has 1 N–H and O–H groups in total. The number of rotatable bonds is 4. The van der Waals surface area contributed by atoms with E-state index < -0.39 is 0 Å². The predicted octanol–water partition coefficient (Wildman–Crippen LogP) is 7.19. The minimum Gasteiger partial charge on any atom is -0.396 e. The Hall–Kier alpha value is -0.470. The van der Waals surface area contributed by atoms with E-state index in [0.29, 0.717) is 13.2 Å². The minimum atomic E-state index is -0.296. The molecule has 2 aromatic rings. The monoisotopic (exact) mass is 658 g/mol. The van der Waals surface area contributed by atoms with Gasteiger partial charge in [0.2, 0.25) is 0 Å². The van der Waals surface area contributed by atoms with Crippen molar-refractivity contribution in [2.24, 2.45) is 10.8 Å². The molecule has 0 spiro atoms. The molecule has 2 saturated carbocycles. The lowest BCUT2D eigenvalue weighted by Gasteiger charge is -2.55. The molecule has 0 radical (unpaired) electrons. The first-order valence-electron chi connectivity index (χ1n) is 12.4. The predicted molar refractivity (Wildman–Crippen MR) is 149 cm³/mol. The molecule has 36 heavy (non-hydrogen) atoms. The van der Waals surface area contributed by atoms with E-state index >= 15 is 0 Å². The van der Waals surface area contributed by atoms with Crippen LogP contribution in [0, 0.1) is 10.8 Å². The third-order valence-corrected chi connectivity index (χ3v) is 11.4. The number of ether oxygens (including phenoxy) is 2. The number of aldehydes is 1. The third-order valence-electron chi connectivity index (χ3n) is 8.74. The smallest absolute Gasteiger partial charge is 0.128 e. The maximum atomic E-state index is 11.3. The van der Waals surface area contributed by atoms with E-state index in [0.717, 1.165) is 60.4 Å². The summed E-state index contributed by atoms with van der Waals surface area (Å²) >= 11 is 19.4. The molecule has 8 rings (SSSR count). The van der Waals surface area contributed by atoms with Crippen LogP contribution in [-0.4, -0.2) is 40.9 Å². The Morgan fingerprint density at radius 1 is 0.806 bits per heavy atom. The summed E-state index contributed by atoms with van der Waals surface area (Å²) in [6.45, 7) is 1.39. The first-order chi connectivity index (χ1) is 17.2. The van der Waals surface area contributed by atoms with Gasteiger partial charge in [-0.25, -0.2) is 0 Å². The summed E-state index contributed by atoms with van der Waals surface area (Å²) in [5.41, 5.74) is 1.47. The highest BCUT2D eigenvalue weighted by Gasteiger charge is 2.56. The second-order valence-corrected chi connectivity index (χ2v) is 13.9. The molecule has 4 aliphatic heterocycles. The topological polar surface area (TPSA) is 55.8 Å². The SMILES string of the molecule is O=CC12CCC(c3ccc(Cl)cc3)(OC1)C(Br)C2.OCC12CCC(c3ccc(Cl)cc3)(OC1)C(Br)C2. The summed E-state index contributed by atoms with van der Waals surface area (Å²) in [5, 5.41) is 11.0. The van der Waals surface area contributed by atoms with Crippen LogP contribution in [0.2, 0.25) is 10.0 Å². The van der Waals surface area contributed by atoms with Crippen molar-refractivity contribution in [3.8, 4) is 0 Å². The summed E-state index contributed by atoms with van der Waals surface area (Å²) < 4.78 is 12.2. The van der Waals surface area contributed by atoms with Gasteiger partial charge in [-0.1, -0.05) is 79.3 Å². The molecule has 4 heterocycles. The maximum absolute atomic E-state index is 11.3. The highest BCUT2D eigenvalue weighted by Crippen LogP contribution is 2.56. The number of carbonyl (C=O) groups is 1. The van der Waals surface area contributed by atoms with Crippen molar-refractivity contribution in [3.63, 3.8) is 0 Å². The Labute approximate surface area is 239 Å². The van der Waals surface area contributed by atoms with Crippen LogP contribution in [0.4, 0.5) is 0 Å². The van der Waals surface area contributed by atoms with Crippen LogP contribution >= 0.6 is 55.1 Å². The van der Waals surface area contributed by atoms with E-state index in [-0.39, 0.29) is 38.3 Å². The molecule has 6 unspecified atom stereocenters. The fourth-order valence-electron chi connectivity index (χ4n) is 6.22. The van der Waals surface area contributed by atoms with Crippen LogP contribution in [0.3, 0.4) is 0 Å². The molecule has 194 valence electrons. The van der Waals surface area contributed by atoms with E-state index in [1.807, 2.05) is 48.5 Å². The lowest BCUT2D eigenvalue weighted by Crippen LogP contribution is -2.56. The van der Waals surface area contributed by atoms with Gasteiger partial charge in [0.05, 0.1) is 25.2 Å². The van der Waals surface area contributed by atoms with Gasteiger partial charge < -0.3 is 19.4 Å². The second-order valence-electron chi connectivity index (χ2n) is 10.9. The van der Waals surface area contributed by atoms with Crippen molar-refractivity contribution in [3.05, 3.63) is 69.7 Å². The standard InChI is InChI=1S/C14H16BrClO2.C14H14BrClO2/c2*15-12-7-13(8-17)5-6-14(12,18-9-13)10-1-3-11(16)4-2-10/h1-4,12,17H,5-9H2;1-4,8,12H,5-7,9H2. The number of aliphatic hydroxyl groups excluding tert-OH is 1. The minimum absolute atomic E-state index is 0.0393. The molecule has 4 saturated heterocycles. The Morgan fingerprint density at radius 2 is 1.31 bits per heavy atom. The summed E-state index contributed by atoms with van der Waals surface area (Å²) in [7, 11) is 0. The van der Waals surface area contributed by atoms with E-state index in [4.69, 9.17) is 32.7 Å². The summed E-state index contributed by atoms with van der Waals surface area (Å²) in [5.74, 6) is 0. The Bertz CT molecular complexity index is 1080. The van der Waals surface area contributed by atoms with Crippen LogP contribution in [0.25, 0.3) is 0 Å². The zero-order valence-electron chi connectivity index (χ0n) is 19.9. The Morgan fingerprint density at radius 3 is 1.67 bits per heavy atom. The first kappa shape index (κ1) is 27.1. The molecule has 6 fully saturated rings.